The molecule has 0 spiro atoms. The van der Waals surface area contributed by atoms with Crippen LogP contribution in [0.2, 0.25) is 0 Å². The Morgan fingerprint density at radius 1 is 1.09 bits per heavy atom. The van der Waals surface area contributed by atoms with E-state index in [9.17, 15) is 0 Å². The highest BCUT2D eigenvalue weighted by atomic mass is 32.3. The second-order valence-electron chi connectivity index (χ2n) is 4.34. The Hall–Kier alpha value is 0.310. The third-order valence-electron chi connectivity index (χ3n) is 2.22. The summed E-state index contributed by atoms with van der Waals surface area (Å²) in [5.74, 6) is 1.42. The third kappa shape index (κ3) is 4.02. The minimum Gasteiger partial charge on any atom is -0.303 e. The van der Waals surface area contributed by atoms with Crippen molar-refractivity contribution in [2.45, 2.75) is 12.8 Å². The predicted molar refractivity (Wildman–Crippen MR) is 55.9 cm³/mol. The molecule has 1 aliphatic heterocycles. The van der Waals surface area contributed by atoms with Gasteiger partial charge < -0.3 is 4.90 Å². The third-order valence-corrected chi connectivity index (χ3v) is 3.63. The maximum absolute atomic E-state index is 2.61. The van der Waals surface area contributed by atoms with Crippen LogP contribution in [0, 0.1) is 0 Å². The Labute approximate surface area is 72.5 Å². The van der Waals surface area contributed by atoms with E-state index < -0.39 is 0 Å². The molecule has 0 bridgehead atoms. The zero-order valence-electron chi connectivity index (χ0n) is 8.10. The van der Waals surface area contributed by atoms with E-state index in [2.05, 4.69) is 23.7 Å². The van der Waals surface area contributed by atoms with Gasteiger partial charge in [-0.1, -0.05) is 0 Å². The first kappa shape index (κ1) is 9.40. The van der Waals surface area contributed by atoms with Gasteiger partial charge in [-0.15, -0.1) is 0 Å². The molecule has 1 nitrogen and oxygen atoms in total. The highest BCUT2D eigenvalue weighted by Crippen LogP contribution is 2.34. The fourth-order valence-corrected chi connectivity index (χ4v) is 2.22. The van der Waals surface area contributed by atoms with Crippen molar-refractivity contribution in [2.75, 3.05) is 44.2 Å². The van der Waals surface area contributed by atoms with Crippen LogP contribution in [0.15, 0.2) is 0 Å². The molecule has 0 radical (unpaired) electrons. The number of nitrogens with zero attached hydrogens (tertiary/aromatic N) is 1. The van der Waals surface area contributed by atoms with Gasteiger partial charge in [-0.05, 0) is 50.5 Å². The molecule has 1 rings (SSSR count). The maximum atomic E-state index is 2.61. The highest BCUT2D eigenvalue weighted by Gasteiger charge is 2.13. The molecule has 0 saturated carbocycles. The lowest BCUT2D eigenvalue weighted by Gasteiger charge is -2.27. The maximum Gasteiger partial charge on any atom is 0.00574 e. The van der Waals surface area contributed by atoms with Crippen molar-refractivity contribution in [1.29, 1.82) is 0 Å². The molecule has 11 heavy (non-hydrogen) atoms. The molecule has 1 heterocycles. The molecule has 1 saturated heterocycles. The summed E-state index contributed by atoms with van der Waals surface area (Å²) < 4.78 is 0. The van der Waals surface area contributed by atoms with Crippen LogP contribution >= 0.6 is 10.0 Å². The molecule has 1 fully saturated rings. The first-order chi connectivity index (χ1) is 5.08. The molecule has 0 aromatic heterocycles. The van der Waals surface area contributed by atoms with E-state index in [-0.39, 0.29) is 10.0 Å². The Morgan fingerprint density at radius 2 is 1.64 bits per heavy atom. The van der Waals surface area contributed by atoms with E-state index in [0.29, 0.717) is 0 Å². The van der Waals surface area contributed by atoms with Crippen LogP contribution in [0.5, 0.6) is 0 Å². The summed E-state index contributed by atoms with van der Waals surface area (Å²) in [5, 5.41) is 0. The highest BCUT2D eigenvalue weighted by molar-refractivity contribution is 8.32. The molecule has 0 atom stereocenters. The Kier molecular flexibility index (Phi) is 3.26. The normalized spacial score (nSPS) is 22.5. The van der Waals surface area contributed by atoms with Crippen LogP contribution in [0.1, 0.15) is 12.8 Å². The molecule has 1 aliphatic rings. The fraction of sp³-hybridized carbons (Fsp3) is 1.00. The number of hydrogen-bond acceptors (Lipinski definition) is 1. The molecule has 0 amide bonds. The average Bonchev–Trinajstić information content (AvgIpc) is 2.32. The molecule has 2 heteroatoms. The van der Waals surface area contributed by atoms with Gasteiger partial charge in [0.1, 0.15) is 0 Å². The number of likely N-dealkylation sites (tertiary alicyclic amines) is 1. The van der Waals surface area contributed by atoms with Gasteiger partial charge >= 0.3 is 0 Å². The van der Waals surface area contributed by atoms with Crippen LogP contribution in [0.4, 0.5) is 0 Å². The zero-order valence-corrected chi connectivity index (χ0v) is 8.91. The van der Waals surface area contributed by atoms with E-state index >= 15 is 0 Å². The molecule has 0 aromatic rings. The van der Waals surface area contributed by atoms with Crippen molar-refractivity contribution in [3.8, 4) is 0 Å². The first-order valence-electron chi connectivity index (χ1n) is 4.46. The SMILES string of the molecule is CS(C)(C)CCN1CCCC1. The van der Waals surface area contributed by atoms with E-state index in [1.54, 1.807) is 0 Å². The van der Waals surface area contributed by atoms with Crippen molar-refractivity contribution in [3.63, 3.8) is 0 Å². The number of hydrogen-bond donors (Lipinski definition) is 0. The topological polar surface area (TPSA) is 3.24 Å². The van der Waals surface area contributed by atoms with E-state index in [1.165, 1.54) is 38.2 Å². The Bertz CT molecular complexity index is 111. The van der Waals surface area contributed by atoms with Gasteiger partial charge in [-0.3, -0.25) is 0 Å². The summed E-state index contributed by atoms with van der Waals surface area (Å²) in [7, 11) is -0.253. The molecular formula is C9H21NS. The van der Waals surface area contributed by atoms with E-state index in [0.717, 1.165) is 0 Å². The standard InChI is InChI=1S/C9H21NS/c1-11(2,3)9-8-10-6-4-5-7-10/h4-9H2,1-3H3. The minimum atomic E-state index is -0.253. The largest absolute Gasteiger partial charge is 0.303 e. The zero-order chi connectivity index (χ0) is 8.32. The van der Waals surface area contributed by atoms with Gasteiger partial charge in [0.15, 0.2) is 0 Å². The molecule has 68 valence electrons. The summed E-state index contributed by atoms with van der Waals surface area (Å²) in [6.07, 6.45) is 10.1. The smallest absolute Gasteiger partial charge is 0.00574 e. The fourth-order valence-electron chi connectivity index (χ4n) is 1.41. The molecule has 0 N–H and O–H groups in total. The second-order valence-corrected chi connectivity index (χ2v) is 8.93. The van der Waals surface area contributed by atoms with Gasteiger partial charge in [0.2, 0.25) is 0 Å². The van der Waals surface area contributed by atoms with Crippen molar-refractivity contribution in [3.05, 3.63) is 0 Å². The molecule has 0 aliphatic carbocycles. The molecule has 0 unspecified atom stereocenters. The van der Waals surface area contributed by atoms with Crippen molar-refractivity contribution in [1.82, 2.24) is 4.90 Å². The summed E-state index contributed by atoms with van der Waals surface area (Å²) in [6.45, 7) is 4.06. The first-order valence-corrected chi connectivity index (χ1v) is 7.49. The number of rotatable bonds is 3. The van der Waals surface area contributed by atoms with Gasteiger partial charge in [-0.2, -0.15) is 0 Å². The summed E-state index contributed by atoms with van der Waals surface area (Å²) in [5.41, 5.74) is 0. The van der Waals surface area contributed by atoms with Crippen molar-refractivity contribution < 1.29 is 0 Å². The van der Waals surface area contributed by atoms with Gasteiger partial charge in [0, 0.05) is 6.54 Å². The lowest BCUT2D eigenvalue weighted by molar-refractivity contribution is 0.361. The van der Waals surface area contributed by atoms with Crippen LogP contribution < -0.4 is 0 Å². The van der Waals surface area contributed by atoms with Crippen LogP contribution in [0.25, 0.3) is 0 Å². The average molecular weight is 175 g/mol. The monoisotopic (exact) mass is 175 g/mol. The predicted octanol–water partition coefficient (Wildman–Crippen LogP) is 1.78. The lowest BCUT2D eigenvalue weighted by Crippen LogP contribution is -2.24. The summed E-state index contributed by atoms with van der Waals surface area (Å²) in [4.78, 5) is 2.61. The second kappa shape index (κ2) is 3.81. The Balaban J connectivity index is 2.11. The van der Waals surface area contributed by atoms with Crippen LogP contribution in [-0.2, 0) is 0 Å². The lowest BCUT2D eigenvalue weighted by atomic mass is 10.4. The quantitative estimate of drug-likeness (QED) is 0.632. The van der Waals surface area contributed by atoms with Gasteiger partial charge in [0.25, 0.3) is 0 Å². The van der Waals surface area contributed by atoms with E-state index in [4.69, 9.17) is 0 Å². The summed E-state index contributed by atoms with van der Waals surface area (Å²) >= 11 is 0. The van der Waals surface area contributed by atoms with Crippen molar-refractivity contribution in [2.24, 2.45) is 0 Å². The van der Waals surface area contributed by atoms with E-state index in [1.807, 2.05) is 0 Å². The molecule has 0 aromatic carbocycles. The summed E-state index contributed by atoms with van der Waals surface area (Å²) in [6, 6.07) is 0. The van der Waals surface area contributed by atoms with Crippen LogP contribution in [0.3, 0.4) is 0 Å². The van der Waals surface area contributed by atoms with Crippen LogP contribution in [-0.4, -0.2) is 49.1 Å². The minimum absolute atomic E-state index is 0.253. The molecular weight excluding hydrogens is 154 g/mol. The van der Waals surface area contributed by atoms with Gasteiger partial charge in [-0.25, -0.2) is 10.0 Å². The van der Waals surface area contributed by atoms with Crippen molar-refractivity contribution >= 4 is 10.0 Å². The van der Waals surface area contributed by atoms with Gasteiger partial charge in [0.05, 0.1) is 0 Å². The Morgan fingerprint density at radius 3 is 2.09 bits per heavy atom.